The van der Waals surface area contributed by atoms with E-state index in [9.17, 15) is 9.59 Å². The first-order valence-corrected chi connectivity index (χ1v) is 11.1. The maximum atomic E-state index is 13.2. The quantitative estimate of drug-likeness (QED) is 0.636. The van der Waals surface area contributed by atoms with Crippen LogP contribution >= 0.6 is 0 Å². The molecule has 0 radical (unpaired) electrons. The molecule has 2 amide bonds. The van der Waals surface area contributed by atoms with Crippen molar-refractivity contribution in [3.05, 3.63) is 47.2 Å². The lowest BCUT2D eigenvalue weighted by molar-refractivity contribution is -0.130. The fourth-order valence-electron chi connectivity index (χ4n) is 4.32. The predicted molar refractivity (Wildman–Crippen MR) is 119 cm³/mol. The van der Waals surface area contributed by atoms with Crippen molar-refractivity contribution in [2.24, 2.45) is 0 Å². The van der Waals surface area contributed by atoms with Crippen molar-refractivity contribution in [1.82, 2.24) is 20.4 Å². The van der Waals surface area contributed by atoms with Gasteiger partial charge in [0.05, 0.1) is 17.8 Å². The van der Waals surface area contributed by atoms with Crippen LogP contribution in [0.25, 0.3) is 0 Å². The molecule has 9 heteroatoms. The molecule has 0 aliphatic carbocycles. The molecule has 0 bridgehead atoms. The Labute approximate surface area is 187 Å². The van der Waals surface area contributed by atoms with E-state index in [4.69, 9.17) is 9.47 Å². The highest BCUT2D eigenvalue weighted by Crippen LogP contribution is 2.41. The van der Waals surface area contributed by atoms with Crippen molar-refractivity contribution >= 4 is 17.8 Å². The van der Waals surface area contributed by atoms with Crippen molar-refractivity contribution in [2.75, 3.05) is 25.5 Å². The highest BCUT2D eigenvalue weighted by molar-refractivity contribution is 5.94. The molecule has 9 nitrogen and oxygen atoms in total. The molecule has 172 valence electrons. The van der Waals surface area contributed by atoms with Gasteiger partial charge in [0, 0.05) is 18.7 Å². The molecule has 3 heterocycles. The van der Waals surface area contributed by atoms with E-state index in [0.717, 1.165) is 29.7 Å². The Morgan fingerprint density at radius 3 is 2.78 bits per heavy atom. The highest BCUT2D eigenvalue weighted by Gasteiger charge is 2.45. The molecule has 4 rings (SSSR count). The Balaban J connectivity index is 1.48. The molecule has 2 aromatic rings. The number of H-pyrrole nitrogens is 1. The molecule has 1 aromatic carbocycles. The zero-order valence-electron chi connectivity index (χ0n) is 18.8. The number of ether oxygens (including phenoxy) is 2. The molecular formula is C23H31N5O4. The number of anilines is 1. The number of nitrogens with zero attached hydrogens (tertiary/aromatic N) is 2. The molecule has 0 spiro atoms. The normalized spacial score (nSPS) is 20.5. The number of carbonyl (C=O) groups excluding carboxylic acids is 2. The number of hydrogen-bond acceptors (Lipinski definition) is 6. The average Bonchev–Trinajstić information content (AvgIpc) is 3.32. The van der Waals surface area contributed by atoms with Gasteiger partial charge in [0.1, 0.15) is 12.2 Å². The van der Waals surface area contributed by atoms with E-state index in [-0.39, 0.29) is 5.91 Å². The lowest BCUT2D eigenvalue weighted by Crippen LogP contribution is -2.42. The fraction of sp³-hybridized carbons (Fsp3) is 0.522. The number of aromatic nitrogens is 2. The van der Waals surface area contributed by atoms with Crippen LogP contribution in [0.1, 0.15) is 56.0 Å². The summed E-state index contributed by atoms with van der Waals surface area (Å²) in [7, 11) is 1.82. The summed E-state index contributed by atoms with van der Waals surface area (Å²) >= 11 is 0. The Hall–Kier alpha value is -2.91. The van der Waals surface area contributed by atoms with E-state index in [1.807, 2.05) is 51.2 Å². The van der Waals surface area contributed by atoms with Crippen LogP contribution in [0.5, 0.6) is 0 Å². The molecule has 1 saturated heterocycles. The number of nitrogens with one attached hydrogen (secondary N) is 3. The third-order valence-electron chi connectivity index (χ3n) is 6.21. The van der Waals surface area contributed by atoms with Gasteiger partial charge in [-0.3, -0.25) is 14.8 Å². The number of aromatic amines is 1. The summed E-state index contributed by atoms with van der Waals surface area (Å²) in [5.74, 6) is 0.244. The molecule has 3 N–H and O–H groups in total. The maximum Gasteiger partial charge on any atom is 0.411 e. The Morgan fingerprint density at radius 1 is 1.31 bits per heavy atom. The van der Waals surface area contributed by atoms with Gasteiger partial charge >= 0.3 is 6.09 Å². The van der Waals surface area contributed by atoms with E-state index in [0.29, 0.717) is 31.9 Å². The minimum absolute atomic E-state index is 0.198. The number of amides is 2. The Morgan fingerprint density at radius 2 is 2.09 bits per heavy atom. The maximum absolute atomic E-state index is 13.2. The molecule has 1 fully saturated rings. The second-order valence-corrected chi connectivity index (χ2v) is 8.76. The number of likely N-dealkylation sites (N-methyl/N-ethyl adjacent to an activating group) is 1. The summed E-state index contributed by atoms with van der Waals surface area (Å²) in [6.07, 6.45) is 1.36. The largest absolute Gasteiger partial charge is 0.440 e. The summed E-state index contributed by atoms with van der Waals surface area (Å²) in [6, 6.07) is 9.66. The topological polar surface area (TPSA) is 109 Å². The van der Waals surface area contributed by atoms with Crippen LogP contribution in [0, 0.1) is 0 Å². The van der Waals surface area contributed by atoms with Crippen LogP contribution in [0.3, 0.4) is 0 Å². The molecule has 2 aliphatic heterocycles. The first kappa shape index (κ1) is 22.3. The van der Waals surface area contributed by atoms with Gasteiger partial charge in [0.2, 0.25) is 0 Å². The van der Waals surface area contributed by atoms with Gasteiger partial charge < -0.3 is 20.1 Å². The highest BCUT2D eigenvalue weighted by atomic mass is 16.6. The molecule has 2 atom stereocenters. The summed E-state index contributed by atoms with van der Waals surface area (Å²) in [5, 5.41) is 13.3. The Bertz CT molecular complexity index is 953. The molecular weight excluding hydrogens is 410 g/mol. The fourth-order valence-corrected chi connectivity index (χ4v) is 4.32. The molecule has 1 aromatic heterocycles. The van der Waals surface area contributed by atoms with E-state index in [1.54, 1.807) is 4.90 Å². The first-order valence-electron chi connectivity index (χ1n) is 11.1. The van der Waals surface area contributed by atoms with Gasteiger partial charge in [-0.15, -0.1) is 0 Å². The van der Waals surface area contributed by atoms with Crippen LogP contribution in [0.15, 0.2) is 30.3 Å². The number of rotatable bonds is 6. The zero-order chi connectivity index (χ0) is 22.7. The van der Waals surface area contributed by atoms with Gasteiger partial charge in [-0.25, -0.2) is 4.79 Å². The van der Waals surface area contributed by atoms with Crippen molar-refractivity contribution in [3.63, 3.8) is 0 Å². The third kappa shape index (κ3) is 4.35. The van der Waals surface area contributed by atoms with Crippen molar-refractivity contribution in [3.8, 4) is 0 Å². The number of hydrogen-bond donors (Lipinski definition) is 3. The van der Waals surface area contributed by atoms with Crippen LogP contribution in [-0.4, -0.2) is 53.4 Å². The van der Waals surface area contributed by atoms with E-state index < -0.39 is 23.8 Å². The molecule has 0 saturated carbocycles. The van der Waals surface area contributed by atoms with E-state index in [2.05, 4.69) is 20.8 Å². The van der Waals surface area contributed by atoms with Crippen LogP contribution in [0.2, 0.25) is 0 Å². The minimum Gasteiger partial charge on any atom is -0.440 e. The predicted octanol–water partition coefficient (Wildman–Crippen LogP) is 3.07. The lowest BCUT2D eigenvalue weighted by atomic mass is 10.0. The zero-order valence-corrected chi connectivity index (χ0v) is 18.8. The number of fused-ring (bicyclic) bond motifs is 1. The summed E-state index contributed by atoms with van der Waals surface area (Å²) in [5.41, 5.74) is 1.85. The number of benzene rings is 1. The summed E-state index contributed by atoms with van der Waals surface area (Å²) in [4.78, 5) is 27.5. The van der Waals surface area contributed by atoms with Crippen molar-refractivity contribution in [1.29, 1.82) is 0 Å². The van der Waals surface area contributed by atoms with Gasteiger partial charge in [0.15, 0.2) is 5.82 Å². The van der Waals surface area contributed by atoms with Gasteiger partial charge in [0.25, 0.3) is 5.91 Å². The molecule has 1 unspecified atom stereocenters. The SMILES string of the molecule is CNC[C@@H](OC(=O)N1Cc2c(NC(=O)C3CCCCO3)n[nH]c2C1(C)C)c1ccccc1. The average molecular weight is 442 g/mol. The van der Waals surface area contributed by atoms with Crippen LogP contribution in [0.4, 0.5) is 10.6 Å². The Kier molecular flexibility index (Phi) is 6.48. The third-order valence-corrected chi connectivity index (χ3v) is 6.21. The second-order valence-electron chi connectivity index (χ2n) is 8.76. The van der Waals surface area contributed by atoms with Gasteiger partial charge in [-0.05, 0) is 45.7 Å². The first-order chi connectivity index (χ1) is 15.4. The summed E-state index contributed by atoms with van der Waals surface area (Å²) in [6.45, 7) is 5.26. The minimum atomic E-state index is -0.662. The lowest BCUT2D eigenvalue weighted by Gasteiger charge is -2.32. The standard InChI is InChI=1S/C23H31N5O4/c1-23(2)19-16(20(27-26-19)25-21(29)17-11-7-8-12-31-17)14-28(23)22(30)32-18(13-24-3)15-9-5-4-6-10-15/h4-6,9-10,17-18,24H,7-8,11-14H2,1-3H3,(H2,25,26,27,29)/t17?,18-/m1/s1. The van der Waals surface area contributed by atoms with Crippen LogP contribution in [-0.2, 0) is 26.4 Å². The van der Waals surface area contributed by atoms with Gasteiger partial charge in [-0.1, -0.05) is 30.3 Å². The second kappa shape index (κ2) is 9.30. The van der Waals surface area contributed by atoms with E-state index >= 15 is 0 Å². The summed E-state index contributed by atoms with van der Waals surface area (Å²) < 4.78 is 11.5. The van der Waals surface area contributed by atoms with Crippen molar-refractivity contribution < 1.29 is 19.1 Å². The van der Waals surface area contributed by atoms with Gasteiger partial charge in [-0.2, -0.15) is 5.10 Å². The monoisotopic (exact) mass is 441 g/mol. The smallest absolute Gasteiger partial charge is 0.411 e. The molecule has 32 heavy (non-hydrogen) atoms. The van der Waals surface area contributed by atoms with E-state index in [1.165, 1.54) is 0 Å². The van der Waals surface area contributed by atoms with Crippen molar-refractivity contribution in [2.45, 2.75) is 57.4 Å². The number of carbonyl (C=O) groups is 2. The molecule has 2 aliphatic rings. The van der Waals surface area contributed by atoms with Crippen LogP contribution < -0.4 is 10.6 Å².